The van der Waals surface area contributed by atoms with Crippen molar-refractivity contribution in [2.24, 2.45) is 0 Å². The Morgan fingerprint density at radius 1 is 1.36 bits per heavy atom. The monoisotopic (exact) mass is 352 g/mol. The lowest BCUT2D eigenvalue weighted by Gasteiger charge is -2.42. The first-order valence-electron chi connectivity index (χ1n) is 8.70. The average molecular weight is 352 g/mol. The number of hydrogen-bond donors (Lipinski definition) is 0. The van der Waals surface area contributed by atoms with Gasteiger partial charge in [-0.2, -0.15) is 0 Å². The number of likely N-dealkylation sites (tertiary alicyclic amines) is 1. The van der Waals surface area contributed by atoms with Crippen LogP contribution in [0.5, 0.6) is 5.75 Å². The summed E-state index contributed by atoms with van der Waals surface area (Å²) in [6.45, 7) is 2.04. The van der Waals surface area contributed by atoms with E-state index in [1.165, 1.54) is 6.07 Å². The summed E-state index contributed by atoms with van der Waals surface area (Å²) in [5.74, 6) is 0.413. The summed E-state index contributed by atoms with van der Waals surface area (Å²) >= 11 is 0. The van der Waals surface area contributed by atoms with Crippen LogP contribution >= 0.6 is 0 Å². The van der Waals surface area contributed by atoms with Gasteiger partial charge >= 0.3 is 0 Å². The minimum Gasteiger partial charge on any atom is -0.496 e. The van der Waals surface area contributed by atoms with Gasteiger partial charge in [0, 0.05) is 46.3 Å². The molecule has 0 N–H and O–H groups in total. The molecule has 1 saturated heterocycles. The van der Waals surface area contributed by atoms with Crippen molar-refractivity contribution in [2.75, 3.05) is 41.4 Å². The van der Waals surface area contributed by atoms with E-state index in [1.807, 2.05) is 0 Å². The van der Waals surface area contributed by atoms with Gasteiger partial charge in [-0.1, -0.05) is 6.07 Å². The van der Waals surface area contributed by atoms with Crippen molar-refractivity contribution in [3.63, 3.8) is 0 Å². The number of carbonyl (C=O) groups is 1. The normalized spacial score (nSPS) is 21.2. The zero-order valence-electron chi connectivity index (χ0n) is 15.7. The van der Waals surface area contributed by atoms with Gasteiger partial charge in [0.25, 0.3) is 0 Å². The minimum absolute atomic E-state index is 0.101. The molecule has 0 aromatic heterocycles. The summed E-state index contributed by atoms with van der Waals surface area (Å²) in [7, 11) is 6.78. The molecule has 1 aliphatic heterocycles. The van der Waals surface area contributed by atoms with Gasteiger partial charge in [0.2, 0.25) is 5.91 Å². The molecule has 5 nitrogen and oxygen atoms in total. The van der Waals surface area contributed by atoms with Crippen molar-refractivity contribution in [1.29, 1.82) is 0 Å². The molecule has 6 heteroatoms. The molecular formula is C19H29FN2O3. The number of ether oxygens (including phenoxy) is 2. The van der Waals surface area contributed by atoms with Gasteiger partial charge in [-0.15, -0.1) is 0 Å². The van der Waals surface area contributed by atoms with Crippen LogP contribution < -0.4 is 4.74 Å². The molecule has 1 fully saturated rings. The van der Waals surface area contributed by atoms with Crippen molar-refractivity contribution >= 4 is 5.91 Å². The molecule has 0 saturated carbocycles. The first-order valence-corrected chi connectivity index (χ1v) is 8.70. The second-order valence-electron chi connectivity index (χ2n) is 6.91. The van der Waals surface area contributed by atoms with Crippen LogP contribution in [0.2, 0.25) is 0 Å². The second kappa shape index (κ2) is 8.63. The number of amides is 1. The van der Waals surface area contributed by atoms with Gasteiger partial charge in [0.05, 0.1) is 12.7 Å². The van der Waals surface area contributed by atoms with Crippen LogP contribution in [0.25, 0.3) is 0 Å². The molecule has 1 amide bonds. The van der Waals surface area contributed by atoms with E-state index in [4.69, 9.17) is 9.47 Å². The topological polar surface area (TPSA) is 42.0 Å². The van der Waals surface area contributed by atoms with E-state index in [9.17, 15) is 9.18 Å². The molecule has 1 aromatic carbocycles. The van der Waals surface area contributed by atoms with Crippen LogP contribution in [0.15, 0.2) is 18.2 Å². The lowest BCUT2D eigenvalue weighted by Crippen LogP contribution is -2.49. The lowest BCUT2D eigenvalue weighted by molar-refractivity contribution is -0.132. The number of carbonyl (C=O) groups excluding carboxylic acids is 1. The SMILES string of the molecule is COc1cccc(F)c1CN1CCC[C@@](CCC(=O)N(C)C)(OC)C1. The predicted molar refractivity (Wildman–Crippen MR) is 95.1 cm³/mol. The maximum absolute atomic E-state index is 14.2. The Morgan fingerprint density at radius 3 is 2.76 bits per heavy atom. The van der Waals surface area contributed by atoms with E-state index in [2.05, 4.69) is 4.90 Å². The third-order valence-corrected chi connectivity index (χ3v) is 5.02. The molecule has 25 heavy (non-hydrogen) atoms. The smallest absolute Gasteiger partial charge is 0.222 e. The zero-order valence-corrected chi connectivity index (χ0v) is 15.7. The van der Waals surface area contributed by atoms with Crippen LogP contribution in [0.1, 0.15) is 31.2 Å². The van der Waals surface area contributed by atoms with E-state index in [1.54, 1.807) is 45.3 Å². The molecule has 0 radical (unpaired) electrons. The Balaban J connectivity index is 2.07. The van der Waals surface area contributed by atoms with Crippen LogP contribution in [0.3, 0.4) is 0 Å². The standard InChI is InChI=1S/C19H29FN2O3/c1-21(2)18(23)9-11-19(25-4)10-6-12-22(14-19)13-15-16(20)7-5-8-17(15)24-3/h5,7-8H,6,9-14H2,1-4H3/t19-/m0/s1. The third kappa shape index (κ3) is 4.92. The molecule has 1 aromatic rings. The van der Waals surface area contributed by atoms with E-state index in [0.29, 0.717) is 37.2 Å². The fourth-order valence-corrected chi connectivity index (χ4v) is 3.46. The second-order valence-corrected chi connectivity index (χ2v) is 6.91. The van der Waals surface area contributed by atoms with Crippen molar-refractivity contribution in [3.8, 4) is 5.75 Å². The molecule has 1 atom stereocenters. The number of benzene rings is 1. The first-order chi connectivity index (χ1) is 11.9. The number of piperidine rings is 1. The quantitative estimate of drug-likeness (QED) is 0.757. The fraction of sp³-hybridized carbons (Fsp3) is 0.632. The number of rotatable bonds is 7. The highest BCUT2D eigenvalue weighted by atomic mass is 19.1. The highest BCUT2D eigenvalue weighted by Crippen LogP contribution is 2.32. The van der Waals surface area contributed by atoms with Crippen LogP contribution in [0.4, 0.5) is 4.39 Å². The Bertz CT molecular complexity index is 594. The summed E-state index contributed by atoms with van der Waals surface area (Å²) < 4.78 is 25.4. The number of methoxy groups -OCH3 is 2. The molecular weight excluding hydrogens is 323 g/mol. The number of halogens is 1. The van der Waals surface area contributed by atoms with Gasteiger partial charge in [-0.3, -0.25) is 9.69 Å². The van der Waals surface area contributed by atoms with E-state index < -0.39 is 0 Å². The molecule has 140 valence electrons. The highest BCUT2D eigenvalue weighted by Gasteiger charge is 2.36. The summed E-state index contributed by atoms with van der Waals surface area (Å²) in [6, 6.07) is 4.89. The Morgan fingerprint density at radius 2 is 2.12 bits per heavy atom. The van der Waals surface area contributed by atoms with Crippen molar-refractivity contribution in [2.45, 2.75) is 37.8 Å². The van der Waals surface area contributed by atoms with Gasteiger partial charge < -0.3 is 14.4 Å². The lowest BCUT2D eigenvalue weighted by atomic mass is 9.87. The third-order valence-electron chi connectivity index (χ3n) is 5.02. The molecule has 1 aliphatic rings. The molecule has 0 aliphatic carbocycles. The van der Waals surface area contributed by atoms with Crippen LogP contribution in [-0.2, 0) is 16.1 Å². The molecule has 1 heterocycles. The Labute approximate surface area is 149 Å². The van der Waals surface area contributed by atoms with Gasteiger partial charge in [0.15, 0.2) is 0 Å². The van der Waals surface area contributed by atoms with Crippen molar-refractivity contribution in [3.05, 3.63) is 29.6 Å². The first kappa shape index (κ1) is 19.7. The predicted octanol–water partition coefficient (Wildman–Crippen LogP) is 2.68. The number of nitrogens with zero attached hydrogens (tertiary/aromatic N) is 2. The fourth-order valence-electron chi connectivity index (χ4n) is 3.46. The van der Waals surface area contributed by atoms with Gasteiger partial charge in [-0.25, -0.2) is 4.39 Å². The average Bonchev–Trinajstić information content (AvgIpc) is 2.61. The van der Waals surface area contributed by atoms with Crippen molar-refractivity contribution in [1.82, 2.24) is 9.80 Å². The highest BCUT2D eigenvalue weighted by molar-refractivity contribution is 5.75. The molecule has 0 spiro atoms. The van der Waals surface area contributed by atoms with E-state index >= 15 is 0 Å². The number of hydrogen-bond acceptors (Lipinski definition) is 4. The summed E-state index contributed by atoms with van der Waals surface area (Å²) in [4.78, 5) is 15.7. The molecule has 2 rings (SSSR count). The summed E-state index contributed by atoms with van der Waals surface area (Å²) in [5, 5.41) is 0. The summed E-state index contributed by atoms with van der Waals surface area (Å²) in [6.07, 6.45) is 3.00. The maximum atomic E-state index is 14.2. The molecule has 0 bridgehead atoms. The van der Waals surface area contributed by atoms with Crippen molar-refractivity contribution < 1.29 is 18.7 Å². The van der Waals surface area contributed by atoms with Crippen LogP contribution in [0, 0.1) is 5.82 Å². The molecule has 0 unspecified atom stereocenters. The van der Waals surface area contributed by atoms with Gasteiger partial charge in [-0.05, 0) is 37.9 Å². The minimum atomic E-state index is -0.359. The zero-order chi connectivity index (χ0) is 18.4. The van der Waals surface area contributed by atoms with E-state index in [0.717, 1.165) is 19.4 Å². The van der Waals surface area contributed by atoms with E-state index in [-0.39, 0.29) is 17.3 Å². The largest absolute Gasteiger partial charge is 0.496 e. The Kier molecular flexibility index (Phi) is 6.79. The van der Waals surface area contributed by atoms with Crippen LogP contribution in [-0.4, -0.2) is 62.7 Å². The summed E-state index contributed by atoms with van der Waals surface area (Å²) in [5.41, 5.74) is 0.212. The maximum Gasteiger partial charge on any atom is 0.222 e. The Hall–Kier alpha value is -1.66. The van der Waals surface area contributed by atoms with Gasteiger partial charge in [0.1, 0.15) is 11.6 Å².